The van der Waals surface area contributed by atoms with Gasteiger partial charge >= 0.3 is 5.97 Å². The molecule has 0 radical (unpaired) electrons. The summed E-state index contributed by atoms with van der Waals surface area (Å²) in [7, 11) is -3.81. The number of ether oxygens (including phenoxy) is 1. The van der Waals surface area contributed by atoms with Crippen LogP contribution in [0, 0.1) is 10.8 Å². The van der Waals surface area contributed by atoms with Gasteiger partial charge < -0.3 is 14.9 Å². The number of esters is 1. The first-order chi connectivity index (χ1) is 9.35. The van der Waals surface area contributed by atoms with Crippen molar-refractivity contribution in [1.29, 1.82) is 0 Å². The number of aliphatic hydroxyl groups excluding tert-OH is 2. The average molecular weight is 304 g/mol. The highest BCUT2D eigenvalue weighted by Gasteiger charge is 2.79. The second-order valence-corrected chi connectivity index (χ2v) is 7.60. The maximum absolute atomic E-state index is 12.0. The lowest BCUT2D eigenvalue weighted by atomic mass is 9.78. The Morgan fingerprint density at radius 1 is 1.45 bits per heavy atom. The molecule has 8 heteroatoms. The van der Waals surface area contributed by atoms with E-state index in [0.717, 1.165) is 6.08 Å². The first-order valence-corrected chi connectivity index (χ1v) is 7.79. The summed E-state index contributed by atoms with van der Waals surface area (Å²) in [6, 6.07) is 0. The van der Waals surface area contributed by atoms with Crippen molar-refractivity contribution >= 4 is 16.1 Å². The van der Waals surface area contributed by atoms with Gasteiger partial charge in [-0.15, -0.1) is 0 Å². The van der Waals surface area contributed by atoms with Gasteiger partial charge in [-0.25, -0.2) is 4.79 Å². The van der Waals surface area contributed by atoms with Crippen LogP contribution in [0.15, 0.2) is 12.7 Å². The third-order valence-corrected chi connectivity index (χ3v) is 6.77. The monoisotopic (exact) mass is 304 g/mol. The molecule has 2 saturated carbocycles. The van der Waals surface area contributed by atoms with Crippen molar-refractivity contribution in [3.05, 3.63) is 12.7 Å². The van der Waals surface area contributed by atoms with Gasteiger partial charge in [0.05, 0.1) is 18.5 Å². The molecule has 0 aromatic heterocycles. The highest BCUT2D eigenvalue weighted by atomic mass is 32.2. The van der Waals surface area contributed by atoms with Crippen LogP contribution in [0.2, 0.25) is 0 Å². The van der Waals surface area contributed by atoms with Crippen LogP contribution >= 0.6 is 0 Å². The van der Waals surface area contributed by atoms with Crippen LogP contribution in [0.3, 0.4) is 0 Å². The van der Waals surface area contributed by atoms with E-state index < -0.39 is 44.4 Å². The summed E-state index contributed by atoms with van der Waals surface area (Å²) in [6.07, 6.45) is -0.468. The van der Waals surface area contributed by atoms with Crippen molar-refractivity contribution in [3.8, 4) is 0 Å². The van der Waals surface area contributed by atoms with Crippen LogP contribution in [0.5, 0.6) is 0 Å². The molecule has 7 nitrogen and oxygen atoms in total. The molecular weight excluding hydrogens is 288 g/mol. The predicted molar refractivity (Wildman–Crippen MR) is 65.9 cm³/mol. The first-order valence-electron chi connectivity index (χ1n) is 6.32. The number of fused-ring (bicyclic) bond motifs is 1. The van der Waals surface area contributed by atoms with E-state index in [2.05, 4.69) is 6.58 Å². The number of hydrogen-bond donors (Lipinski definition) is 2. The molecular formula is C12H16O7S. The Hall–Kier alpha value is -0.960. The van der Waals surface area contributed by atoms with Crippen LogP contribution in [0.1, 0.15) is 12.8 Å². The molecule has 20 heavy (non-hydrogen) atoms. The predicted octanol–water partition coefficient (Wildman–Crippen LogP) is -1.05. The SMILES string of the molecule is C=CC(=O)OC1C2OS(=O)(=O)C3CC1(CO)CC23CO. The lowest BCUT2D eigenvalue weighted by Crippen LogP contribution is -2.50. The van der Waals surface area contributed by atoms with Crippen LogP contribution in [-0.2, 0) is 23.8 Å². The Morgan fingerprint density at radius 2 is 2.15 bits per heavy atom. The van der Waals surface area contributed by atoms with Crippen LogP contribution in [-0.4, -0.2) is 55.3 Å². The van der Waals surface area contributed by atoms with Crippen LogP contribution in [0.25, 0.3) is 0 Å². The summed E-state index contributed by atoms with van der Waals surface area (Å²) < 4.78 is 34.4. The van der Waals surface area contributed by atoms with Crippen molar-refractivity contribution < 1.29 is 32.3 Å². The van der Waals surface area contributed by atoms with E-state index in [0.29, 0.717) is 0 Å². The van der Waals surface area contributed by atoms with E-state index >= 15 is 0 Å². The number of carbonyl (C=O) groups is 1. The van der Waals surface area contributed by atoms with Crippen molar-refractivity contribution in [2.24, 2.45) is 10.8 Å². The lowest BCUT2D eigenvalue weighted by Gasteiger charge is -2.35. The second kappa shape index (κ2) is 4.03. The number of rotatable bonds is 4. The van der Waals surface area contributed by atoms with Crippen LogP contribution < -0.4 is 0 Å². The molecule has 112 valence electrons. The minimum Gasteiger partial charge on any atom is -0.456 e. The fraction of sp³-hybridized carbons (Fsp3) is 0.750. The summed E-state index contributed by atoms with van der Waals surface area (Å²) in [5.41, 5.74) is -1.87. The molecule has 2 N–H and O–H groups in total. The average Bonchev–Trinajstić information content (AvgIpc) is 2.94. The smallest absolute Gasteiger partial charge is 0.330 e. The van der Waals surface area contributed by atoms with E-state index in [-0.39, 0.29) is 26.1 Å². The minimum atomic E-state index is -3.81. The standard InChI is InChI=1S/C12H16O7S/c1-2-8(15)18-9-10-12(6-14)4-11(9,5-13)3-7(12)20(16,17)19-10/h2,7,9-10,13-14H,1,3-6H2. The normalized spacial score (nSPS) is 47.4. The number of hydrogen-bond acceptors (Lipinski definition) is 7. The molecule has 0 spiro atoms. The molecule has 1 aliphatic heterocycles. The molecule has 2 aliphatic carbocycles. The zero-order valence-corrected chi connectivity index (χ0v) is 11.5. The van der Waals surface area contributed by atoms with Crippen molar-refractivity contribution in [3.63, 3.8) is 0 Å². The topological polar surface area (TPSA) is 110 Å². The molecule has 0 aromatic rings. The quantitative estimate of drug-likeness (QED) is 0.387. The lowest BCUT2D eigenvalue weighted by molar-refractivity contribution is -0.159. The molecule has 5 unspecified atom stereocenters. The number of aliphatic hydroxyl groups is 2. The maximum atomic E-state index is 12.0. The van der Waals surface area contributed by atoms with E-state index in [1.54, 1.807) is 0 Å². The Kier molecular flexibility index (Phi) is 2.82. The van der Waals surface area contributed by atoms with Gasteiger partial charge in [-0.1, -0.05) is 6.58 Å². The molecule has 1 heterocycles. The van der Waals surface area contributed by atoms with E-state index in [4.69, 9.17) is 8.92 Å². The van der Waals surface area contributed by atoms with E-state index in [1.807, 2.05) is 0 Å². The Balaban J connectivity index is 2.07. The minimum absolute atomic E-state index is 0.123. The Bertz CT molecular complexity index is 570. The van der Waals surface area contributed by atoms with Gasteiger partial charge in [0.15, 0.2) is 0 Å². The third-order valence-electron chi connectivity index (χ3n) is 4.96. The maximum Gasteiger partial charge on any atom is 0.330 e. The fourth-order valence-electron chi connectivity index (χ4n) is 4.10. The van der Waals surface area contributed by atoms with E-state index in [9.17, 15) is 23.4 Å². The molecule has 3 aliphatic rings. The van der Waals surface area contributed by atoms with Gasteiger partial charge in [0.1, 0.15) is 12.2 Å². The molecule has 3 fully saturated rings. The summed E-state index contributed by atoms with van der Waals surface area (Å²) in [6.45, 7) is 2.59. The largest absolute Gasteiger partial charge is 0.456 e. The molecule has 0 aromatic carbocycles. The first kappa shape index (κ1) is 14.0. The van der Waals surface area contributed by atoms with Gasteiger partial charge in [0.2, 0.25) is 0 Å². The number of carbonyl (C=O) groups excluding carboxylic acids is 1. The summed E-state index contributed by atoms with van der Waals surface area (Å²) in [5.74, 6) is -0.701. The molecule has 3 rings (SSSR count). The zero-order chi connectivity index (χ0) is 14.8. The summed E-state index contributed by atoms with van der Waals surface area (Å²) in [5, 5.41) is 18.5. The molecule has 5 atom stereocenters. The highest BCUT2D eigenvalue weighted by Crippen LogP contribution is 2.68. The van der Waals surface area contributed by atoms with Gasteiger partial charge in [0, 0.05) is 16.9 Å². The highest BCUT2D eigenvalue weighted by molar-refractivity contribution is 7.87. The van der Waals surface area contributed by atoms with Crippen molar-refractivity contribution in [2.75, 3.05) is 13.2 Å². The van der Waals surface area contributed by atoms with Gasteiger partial charge in [-0.2, -0.15) is 8.42 Å². The molecule has 0 amide bonds. The van der Waals surface area contributed by atoms with Crippen molar-refractivity contribution in [2.45, 2.75) is 30.3 Å². The Labute approximate surface area is 116 Å². The van der Waals surface area contributed by atoms with E-state index in [1.165, 1.54) is 0 Å². The molecule has 2 bridgehead atoms. The van der Waals surface area contributed by atoms with Gasteiger partial charge in [-0.05, 0) is 12.8 Å². The summed E-state index contributed by atoms with van der Waals surface area (Å²) in [4.78, 5) is 11.4. The fourth-order valence-corrected chi connectivity index (χ4v) is 6.22. The summed E-state index contributed by atoms with van der Waals surface area (Å²) >= 11 is 0. The van der Waals surface area contributed by atoms with Crippen molar-refractivity contribution in [1.82, 2.24) is 0 Å². The van der Waals surface area contributed by atoms with Gasteiger partial charge in [0.25, 0.3) is 10.1 Å². The Morgan fingerprint density at radius 3 is 2.70 bits per heavy atom. The third kappa shape index (κ3) is 1.45. The van der Waals surface area contributed by atoms with Crippen LogP contribution in [0.4, 0.5) is 0 Å². The van der Waals surface area contributed by atoms with Gasteiger partial charge in [-0.3, -0.25) is 4.18 Å². The molecule has 1 saturated heterocycles. The second-order valence-electron chi connectivity index (χ2n) is 5.85. The zero-order valence-electron chi connectivity index (χ0n) is 10.7.